The Hall–Kier alpha value is -2.07. The molecule has 2 atom stereocenters. The summed E-state index contributed by atoms with van der Waals surface area (Å²) >= 11 is 0. The van der Waals surface area contributed by atoms with Crippen molar-refractivity contribution in [3.05, 3.63) is 54.4 Å². The molecule has 1 saturated heterocycles. The summed E-state index contributed by atoms with van der Waals surface area (Å²) in [5.74, 6) is 1.81. The van der Waals surface area contributed by atoms with Crippen molar-refractivity contribution in [3.8, 4) is 11.5 Å². The molecule has 1 fully saturated rings. The topological polar surface area (TPSA) is 34.6 Å². The highest BCUT2D eigenvalue weighted by atomic mass is 16.5. The Balaban J connectivity index is 1.62. The van der Waals surface area contributed by atoms with Gasteiger partial charge in [0, 0.05) is 31.5 Å². The molecule has 0 saturated carbocycles. The highest BCUT2D eigenvalue weighted by molar-refractivity contribution is 5.30. The Labute approximate surface area is 131 Å². The first-order valence-electron chi connectivity index (χ1n) is 7.71. The van der Waals surface area contributed by atoms with Crippen LogP contribution in [0.5, 0.6) is 11.5 Å². The van der Waals surface area contributed by atoms with Gasteiger partial charge in [0.2, 0.25) is 0 Å². The molecule has 2 aromatic rings. The van der Waals surface area contributed by atoms with E-state index in [2.05, 4.69) is 28.9 Å². The summed E-state index contributed by atoms with van der Waals surface area (Å²) in [6.07, 6.45) is 4.83. The van der Waals surface area contributed by atoms with Gasteiger partial charge in [-0.2, -0.15) is 0 Å². The van der Waals surface area contributed by atoms with E-state index in [0.717, 1.165) is 31.0 Å². The van der Waals surface area contributed by atoms with E-state index in [1.807, 2.05) is 24.3 Å². The van der Waals surface area contributed by atoms with Crippen molar-refractivity contribution in [3.63, 3.8) is 0 Å². The van der Waals surface area contributed by atoms with Crippen LogP contribution in [-0.4, -0.2) is 36.2 Å². The van der Waals surface area contributed by atoms with Crippen molar-refractivity contribution in [1.29, 1.82) is 0 Å². The first kappa shape index (κ1) is 14.9. The molecule has 0 amide bonds. The van der Waals surface area contributed by atoms with E-state index >= 15 is 0 Å². The highest BCUT2D eigenvalue weighted by Crippen LogP contribution is 2.28. The van der Waals surface area contributed by atoms with Crippen molar-refractivity contribution in [2.24, 2.45) is 0 Å². The number of hydrogen-bond acceptors (Lipinski definition) is 4. The van der Waals surface area contributed by atoms with Gasteiger partial charge in [0.15, 0.2) is 0 Å². The molecule has 2 unspecified atom stereocenters. The summed E-state index contributed by atoms with van der Waals surface area (Å²) in [6, 6.07) is 12.5. The minimum Gasteiger partial charge on any atom is -0.497 e. The number of pyridine rings is 1. The van der Waals surface area contributed by atoms with Gasteiger partial charge in [-0.05, 0) is 43.2 Å². The van der Waals surface area contributed by atoms with Gasteiger partial charge in [-0.1, -0.05) is 12.1 Å². The second kappa shape index (κ2) is 6.79. The third-order valence-electron chi connectivity index (χ3n) is 4.25. The number of hydrogen-bond donors (Lipinski definition) is 0. The lowest BCUT2D eigenvalue weighted by atomic mass is 10.1. The van der Waals surface area contributed by atoms with Crippen LogP contribution in [0.15, 0.2) is 48.8 Å². The third kappa shape index (κ3) is 3.39. The molecular weight excluding hydrogens is 276 g/mol. The molecule has 4 heteroatoms. The van der Waals surface area contributed by atoms with Crippen LogP contribution < -0.4 is 9.47 Å². The van der Waals surface area contributed by atoms with E-state index in [4.69, 9.17) is 9.47 Å². The van der Waals surface area contributed by atoms with Crippen molar-refractivity contribution in [2.75, 3.05) is 20.2 Å². The normalized spacial score (nSPS) is 19.8. The molecule has 0 aliphatic carbocycles. The number of likely N-dealkylation sites (tertiary alicyclic amines) is 1. The van der Waals surface area contributed by atoms with E-state index in [0.29, 0.717) is 6.04 Å². The van der Waals surface area contributed by atoms with Crippen LogP contribution in [0, 0.1) is 0 Å². The molecule has 116 valence electrons. The highest BCUT2D eigenvalue weighted by Gasteiger charge is 2.28. The summed E-state index contributed by atoms with van der Waals surface area (Å²) < 4.78 is 11.3. The molecule has 3 rings (SSSR count). The molecule has 1 aromatic carbocycles. The van der Waals surface area contributed by atoms with Crippen LogP contribution in [0.3, 0.4) is 0 Å². The van der Waals surface area contributed by atoms with Gasteiger partial charge in [-0.3, -0.25) is 9.88 Å². The minimum atomic E-state index is 0.246. The minimum absolute atomic E-state index is 0.246. The predicted octanol–water partition coefficient (Wildman–Crippen LogP) is 3.30. The molecule has 1 aliphatic rings. The Morgan fingerprint density at radius 1 is 1.18 bits per heavy atom. The fourth-order valence-electron chi connectivity index (χ4n) is 2.92. The van der Waals surface area contributed by atoms with Crippen LogP contribution in [0.1, 0.15) is 24.9 Å². The molecule has 1 aliphatic heterocycles. The summed E-state index contributed by atoms with van der Waals surface area (Å²) in [6.45, 7) is 4.23. The first-order valence-corrected chi connectivity index (χ1v) is 7.71. The zero-order valence-electron chi connectivity index (χ0n) is 13.1. The van der Waals surface area contributed by atoms with Crippen molar-refractivity contribution >= 4 is 0 Å². The molecule has 0 bridgehead atoms. The quantitative estimate of drug-likeness (QED) is 0.848. The van der Waals surface area contributed by atoms with Crippen molar-refractivity contribution < 1.29 is 9.47 Å². The average molecular weight is 298 g/mol. The maximum absolute atomic E-state index is 6.03. The maximum atomic E-state index is 6.03. The molecule has 22 heavy (non-hydrogen) atoms. The van der Waals surface area contributed by atoms with E-state index < -0.39 is 0 Å². The lowest BCUT2D eigenvalue weighted by molar-refractivity contribution is 0.183. The van der Waals surface area contributed by atoms with Gasteiger partial charge in [0.05, 0.1) is 7.11 Å². The third-order valence-corrected chi connectivity index (χ3v) is 4.25. The Kier molecular flexibility index (Phi) is 4.59. The van der Waals surface area contributed by atoms with Gasteiger partial charge >= 0.3 is 0 Å². The van der Waals surface area contributed by atoms with E-state index in [1.165, 1.54) is 5.56 Å². The Morgan fingerprint density at radius 2 is 2.00 bits per heavy atom. The van der Waals surface area contributed by atoms with Gasteiger partial charge in [-0.25, -0.2) is 0 Å². The van der Waals surface area contributed by atoms with Gasteiger partial charge in [0.25, 0.3) is 0 Å². The Bertz CT molecular complexity index is 603. The van der Waals surface area contributed by atoms with Gasteiger partial charge < -0.3 is 9.47 Å². The standard InChI is InChI=1S/C18H22N2O2/c1-14(15-4-3-5-17(12-15)21-2)20-11-8-18(13-20)22-16-6-9-19-10-7-16/h3-7,9-10,12,14,18H,8,11,13H2,1-2H3. The van der Waals surface area contributed by atoms with Crippen LogP contribution in [-0.2, 0) is 0 Å². The van der Waals surface area contributed by atoms with Crippen LogP contribution >= 0.6 is 0 Å². The smallest absolute Gasteiger partial charge is 0.122 e. The van der Waals surface area contributed by atoms with Gasteiger partial charge in [-0.15, -0.1) is 0 Å². The number of aromatic nitrogens is 1. The van der Waals surface area contributed by atoms with Crippen molar-refractivity contribution in [2.45, 2.75) is 25.5 Å². The number of rotatable bonds is 5. The molecule has 4 nitrogen and oxygen atoms in total. The molecule has 0 spiro atoms. The summed E-state index contributed by atoms with van der Waals surface area (Å²) in [5, 5.41) is 0. The summed E-state index contributed by atoms with van der Waals surface area (Å²) in [7, 11) is 1.71. The fourth-order valence-corrected chi connectivity index (χ4v) is 2.92. The average Bonchev–Trinajstić information content (AvgIpc) is 3.03. The fraction of sp³-hybridized carbons (Fsp3) is 0.389. The largest absolute Gasteiger partial charge is 0.497 e. The second-order valence-corrected chi connectivity index (χ2v) is 5.66. The SMILES string of the molecule is COc1cccc(C(C)N2CCC(Oc3ccncc3)C2)c1. The zero-order valence-corrected chi connectivity index (χ0v) is 13.1. The van der Waals surface area contributed by atoms with Crippen LogP contribution in [0.4, 0.5) is 0 Å². The molecule has 0 N–H and O–H groups in total. The number of benzene rings is 1. The molecule has 2 heterocycles. The maximum Gasteiger partial charge on any atom is 0.122 e. The Morgan fingerprint density at radius 3 is 2.77 bits per heavy atom. The summed E-state index contributed by atoms with van der Waals surface area (Å²) in [5.41, 5.74) is 1.28. The number of methoxy groups -OCH3 is 1. The zero-order chi connectivity index (χ0) is 15.4. The van der Waals surface area contributed by atoms with E-state index in [9.17, 15) is 0 Å². The van der Waals surface area contributed by atoms with Crippen molar-refractivity contribution in [1.82, 2.24) is 9.88 Å². The second-order valence-electron chi connectivity index (χ2n) is 5.66. The number of ether oxygens (including phenoxy) is 2. The van der Waals surface area contributed by atoms with E-state index in [-0.39, 0.29) is 6.10 Å². The van der Waals surface area contributed by atoms with E-state index in [1.54, 1.807) is 19.5 Å². The molecular formula is C18H22N2O2. The van der Waals surface area contributed by atoms with Crippen LogP contribution in [0.2, 0.25) is 0 Å². The molecule has 1 aromatic heterocycles. The van der Waals surface area contributed by atoms with Crippen LogP contribution in [0.25, 0.3) is 0 Å². The lowest BCUT2D eigenvalue weighted by Crippen LogP contribution is -2.27. The van der Waals surface area contributed by atoms with Gasteiger partial charge in [0.1, 0.15) is 17.6 Å². The molecule has 0 radical (unpaired) electrons. The predicted molar refractivity (Wildman–Crippen MR) is 86.3 cm³/mol. The first-order chi connectivity index (χ1) is 10.8. The monoisotopic (exact) mass is 298 g/mol. The number of nitrogens with zero attached hydrogens (tertiary/aromatic N) is 2. The summed E-state index contributed by atoms with van der Waals surface area (Å²) in [4.78, 5) is 6.48. The lowest BCUT2D eigenvalue weighted by Gasteiger charge is -2.25.